The monoisotopic (exact) mass is 277 g/mol. The molecule has 0 bridgehead atoms. The molecule has 1 heterocycles. The van der Waals surface area contributed by atoms with E-state index in [1.165, 1.54) is 12.0 Å². The minimum atomic E-state index is -0.457. The lowest BCUT2D eigenvalue weighted by atomic mass is 10.1. The van der Waals surface area contributed by atoms with Crippen molar-refractivity contribution >= 4 is 17.6 Å². The third kappa shape index (κ3) is 2.82. The van der Waals surface area contributed by atoms with Crippen LogP contribution in [0.5, 0.6) is 0 Å². The van der Waals surface area contributed by atoms with Crippen molar-refractivity contribution in [3.05, 3.63) is 29.8 Å². The Labute approximate surface area is 118 Å². The Morgan fingerprint density at radius 2 is 2.00 bits per heavy atom. The maximum atomic E-state index is 12.4. The van der Waals surface area contributed by atoms with Gasteiger partial charge in [-0.1, -0.05) is 12.1 Å². The summed E-state index contributed by atoms with van der Waals surface area (Å²) in [6, 6.07) is 6.89. The highest BCUT2D eigenvalue weighted by Gasteiger charge is 2.31. The van der Waals surface area contributed by atoms with Crippen LogP contribution in [0, 0.1) is 0 Å². The molecule has 1 fully saturated rings. The van der Waals surface area contributed by atoms with Crippen LogP contribution < -0.4 is 4.90 Å². The normalized spacial score (nSPS) is 21.6. The number of amides is 1. The second-order valence-corrected chi connectivity index (χ2v) is 4.92. The average Bonchev–Trinajstić information content (AvgIpc) is 2.91. The summed E-state index contributed by atoms with van der Waals surface area (Å²) in [5.41, 5.74) is 0.907. The van der Waals surface area contributed by atoms with E-state index in [0.29, 0.717) is 17.7 Å². The Morgan fingerprint density at radius 1 is 1.30 bits per heavy atom. The molecule has 1 saturated heterocycles. The zero-order chi connectivity index (χ0) is 14.7. The summed E-state index contributed by atoms with van der Waals surface area (Å²) in [5, 5.41) is 0. The minimum Gasteiger partial charge on any atom is -0.465 e. The highest BCUT2D eigenvalue weighted by molar-refractivity contribution is 6.03. The fourth-order valence-electron chi connectivity index (χ4n) is 2.37. The number of likely N-dealkylation sites (N-methyl/N-ethyl adjacent to an activating group) is 1. The number of carbonyl (C=O) groups is 2. The number of carbonyl (C=O) groups excluding carboxylic acids is 2. The van der Waals surface area contributed by atoms with E-state index in [4.69, 9.17) is 9.47 Å². The van der Waals surface area contributed by atoms with E-state index in [-0.39, 0.29) is 12.0 Å². The number of esters is 1. The van der Waals surface area contributed by atoms with Crippen LogP contribution in [0.3, 0.4) is 0 Å². The van der Waals surface area contributed by atoms with Crippen LogP contribution in [-0.2, 0) is 14.3 Å². The molecule has 0 aliphatic carbocycles. The lowest BCUT2D eigenvalue weighted by molar-refractivity contribution is -0.128. The molecule has 1 aliphatic rings. The average molecular weight is 277 g/mol. The van der Waals surface area contributed by atoms with Crippen molar-refractivity contribution in [3.63, 3.8) is 0 Å². The van der Waals surface area contributed by atoms with E-state index >= 15 is 0 Å². The van der Waals surface area contributed by atoms with Crippen LogP contribution in [0.4, 0.5) is 5.69 Å². The lowest BCUT2D eigenvalue weighted by Crippen LogP contribution is -2.37. The molecule has 2 rings (SSSR count). The van der Waals surface area contributed by atoms with Gasteiger partial charge in [-0.05, 0) is 31.9 Å². The van der Waals surface area contributed by atoms with Crippen LogP contribution in [0.25, 0.3) is 0 Å². The second kappa shape index (κ2) is 6.05. The van der Waals surface area contributed by atoms with Gasteiger partial charge in [0.1, 0.15) is 6.10 Å². The first-order valence-corrected chi connectivity index (χ1v) is 6.65. The number of para-hydroxylation sites is 1. The van der Waals surface area contributed by atoms with Crippen LogP contribution in [-0.4, -0.2) is 38.2 Å². The minimum absolute atomic E-state index is 0.105. The van der Waals surface area contributed by atoms with Gasteiger partial charge < -0.3 is 14.4 Å². The van der Waals surface area contributed by atoms with Crippen molar-refractivity contribution in [3.8, 4) is 0 Å². The molecule has 2 atom stereocenters. The topological polar surface area (TPSA) is 55.8 Å². The number of rotatable bonds is 3. The summed E-state index contributed by atoms with van der Waals surface area (Å²) >= 11 is 0. The summed E-state index contributed by atoms with van der Waals surface area (Å²) in [7, 11) is 2.97. The molecule has 5 nitrogen and oxygen atoms in total. The predicted octanol–water partition coefficient (Wildman–Crippen LogP) is 2.00. The summed E-state index contributed by atoms with van der Waals surface area (Å²) < 4.78 is 10.3. The van der Waals surface area contributed by atoms with E-state index in [9.17, 15) is 9.59 Å². The fourth-order valence-corrected chi connectivity index (χ4v) is 2.37. The van der Waals surface area contributed by atoms with Crippen LogP contribution in [0.15, 0.2) is 24.3 Å². The van der Waals surface area contributed by atoms with Gasteiger partial charge in [0.25, 0.3) is 5.91 Å². The van der Waals surface area contributed by atoms with Gasteiger partial charge in [-0.2, -0.15) is 0 Å². The second-order valence-electron chi connectivity index (χ2n) is 4.92. The SMILES string of the molecule is COC(=O)c1ccccc1N(C)C(=O)C1CCC(C)O1. The Morgan fingerprint density at radius 3 is 2.60 bits per heavy atom. The van der Waals surface area contributed by atoms with Gasteiger partial charge in [0, 0.05) is 7.05 Å². The molecule has 0 radical (unpaired) electrons. The fraction of sp³-hybridized carbons (Fsp3) is 0.467. The van der Waals surface area contributed by atoms with E-state index in [0.717, 1.165) is 6.42 Å². The standard InChI is InChI=1S/C15H19NO4/c1-10-8-9-13(20-10)14(17)16(2)12-7-5-4-6-11(12)15(18)19-3/h4-7,10,13H,8-9H2,1-3H3. The van der Waals surface area contributed by atoms with Crippen LogP contribution in [0.1, 0.15) is 30.1 Å². The first-order valence-electron chi connectivity index (χ1n) is 6.65. The Hall–Kier alpha value is -1.88. The Kier molecular flexibility index (Phi) is 4.39. The summed E-state index contributed by atoms with van der Waals surface area (Å²) in [4.78, 5) is 25.6. The highest BCUT2D eigenvalue weighted by atomic mass is 16.5. The molecule has 1 aromatic carbocycles. The molecule has 1 amide bonds. The number of hydrogen-bond donors (Lipinski definition) is 0. The van der Waals surface area contributed by atoms with Crippen LogP contribution in [0.2, 0.25) is 0 Å². The van der Waals surface area contributed by atoms with Gasteiger partial charge in [0.15, 0.2) is 0 Å². The Balaban J connectivity index is 2.22. The summed E-state index contributed by atoms with van der Waals surface area (Å²) in [6.07, 6.45) is 1.27. The van der Waals surface area contributed by atoms with Crippen LogP contribution >= 0.6 is 0 Å². The number of methoxy groups -OCH3 is 1. The number of nitrogens with zero attached hydrogens (tertiary/aromatic N) is 1. The molecular formula is C15H19NO4. The largest absolute Gasteiger partial charge is 0.465 e. The van der Waals surface area contributed by atoms with Gasteiger partial charge in [0.05, 0.1) is 24.5 Å². The van der Waals surface area contributed by atoms with Crippen molar-refractivity contribution in [2.24, 2.45) is 0 Å². The van der Waals surface area contributed by atoms with Crippen molar-refractivity contribution in [2.45, 2.75) is 32.0 Å². The molecule has 20 heavy (non-hydrogen) atoms. The van der Waals surface area contributed by atoms with Gasteiger partial charge in [-0.3, -0.25) is 4.79 Å². The third-order valence-electron chi connectivity index (χ3n) is 3.51. The van der Waals surface area contributed by atoms with Gasteiger partial charge >= 0.3 is 5.97 Å². The highest BCUT2D eigenvalue weighted by Crippen LogP contribution is 2.25. The Bertz CT molecular complexity index is 514. The number of hydrogen-bond acceptors (Lipinski definition) is 4. The molecule has 2 unspecified atom stereocenters. The molecular weight excluding hydrogens is 258 g/mol. The third-order valence-corrected chi connectivity index (χ3v) is 3.51. The molecule has 1 aliphatic heterocycles. The molecule has 0 spiro atoms. The molecule has 5 heteroatoms. The van der Waals surface area contributed by atoms with Crippen molar-refractivity contribution in [1.82, 2.24) is 0 Å². The molecule has 108 valence electrons. The maximum absolute atomic E-state index is 12.4. The zero-order valence-electron chi connectivity index (χ0n) is 12.0. The number of ether oxygens (including phenoxy) is 2. The van der Waals surface area contributed by atoms with Gasteiger partial charge in [0.2, 0.25) is 0 Å². The number of anilines is 1. The van der Waals surface area contributed by atoms with Crippen molar-refractivity contribution in [2.75, 3.05) is 19.1 Å². The van der Waals surface area contributed by atoms with E-state index in [1.807, 2.05) is 6.92 Å². The predicted molar refractivity (Wildman–Crippen MR) is 74.8 cm³/mol. The summed E-state index contributed by atoms with van der Waals surface area (Å²) in [5.74, 6) is -0.591. The summed E-state index contributed by atoms with van der Waals surface area (Å²) in [6.45, 7) is 1.95. The number of benzene rings is 1. The first kappa shape index (κ1) is 14.5. The first-order chi connectivity index (χ1) is 9.54. The lowest BCUT2D eigenvalue weighted by Gasteiger charge is -2.23. The molecule has 0 saturated carbocycles. The van der Waals surface area contributed by atoms with Crippen molar-refractivity contribution < 1.29 is 19.1 Å². The smallest absolute Gasteiger partial charge is 0.339 e. The van der Waals surface area contributed by atoms with Gasteiger partial charge in [-0.15, -0.1) is 0 Å². The molecule has 0 N–H and O–H groups in total. The quantitative estimate of drug-likeness (QED) is 0.793. The zero-order valence-corrected chi connectivity index (χ0v) is 12.0. The van der Waals surface area contributed by atoms with E-state index < -0.39 is 12.1 Å². The molecule has 0 aromatic heterocycles. The van der Waals surface area contributed by atoms with E-state index in [1.54, 1.807) is 31.3 Å². The van der Waals surface area contributed by atoms with Crippen molar-refractivity contribution in [1.29, 1.82) is 0 Å². The van der Waals surface area contributed by atoms with E-state index in [2.05, 4.69) is 0 Å². The maximum Gasteiger partial charge on any atom is 0.339 e. The van der Waals surface area contributed by atoms with Gasteiger partial charge in [-0.25, -0.2) is 4.79 Å². The molecule has 1 aromatic rings.